The van der Waals surface area contributed by atoms with Crippen molar-refractivity contribution >= 4 is 17.7 Å². The summed E-state index contributed by atoms with van der Waals surface area (Å²) in [6.45, 7) is 4.23. The van der Waals surface area contributed by atoms with Crippen molar-refractivity contribution in [1.29, 1.82) is 0 Å². The number of anilines is 1. The number of carbonyl (C=O) groups excluding carboxylic acids is 1. The number of hydrogen-bond donors (Lipinski definition) is 1. The van der Waals surface area contributed by atoms with Crippen LogP contribution in [0, 0.1) is 0 Å². The molecule has 6 nitrogen and oxygen atoms in total. The molecule has 1 aliphatic heterocycles. The van der Waals surface area contributed by atoms with Crippen LogP contribution in [0.3, 0.4) is 0 Å². The lowest BCUT2D eigenvalue weighted by Gasteiger charge is -2.38. The van der Waals surface area contributed by atoms with Gasteiger partial charge in [0.1, 0.15) is 6.04 Å². The van der Waals surface area contributed by atoms with Gasteiger partial charge in [0.2, 0.25) is 0 Å². The molecule has 114 valence electrons. The second kappa shape index (κ2) is 6.47. The van der Waals surface area contributed by atoms with Gasteiger partial charge in [-0.15, -0.1) is 0 Å². The smallest absolute Gasteiger partial charge is 0.326 e. The molecular weight excluding hydrogens is 270 g/mol. The van der Waals surface area contributed by atoms with E-state index in [0.717, 1.165) is 18.8 Å². The van der Waals surface area contributed by atoms with E-state index in [9.17, 15) is 9.59 Å². The molecule has 1 atom stereocenters. The Morgan fingerprint density at radius 2 is 1.71 bits per heavy atom. The van der Waals surface area contributed by atoms with Crippen LogP contribution in [0.15, 0.2) is 30.3 Å². The number of carbonyl (C=O) groups is 2. The molecule has 1 aliphatic rings. The first-order chi connectivity index (χ1) is 10.0. The van der Waals surface area contributed by atoms with E-state index in [0.29, 0.717) is 13.1 Å². The monoisotopic (exact) mass is 291 g/mol. The molecule has 2 rings (SSSR count). The summed E-state index contributed by atoms with van der Waals surface area (Å²) in [6.07, 6.45) is 0. The molecule has 21 heavy (non-hydrogen) atoms. The first kappa shape index (κ1) is 15.2. The van der Waals surface area contributed by atoms with E-state index in [1.807, 2.05) is 18.2 Å². The first-order valence-corrected chi connectivity index (χ1v) is 7.05. The maximum absolute atomic E-state index is 12.3. The fourth-order valence-corrected chi connectivity index (χ4v) is 2.35. The third kappa shape index (κ3) is 3.45. The molecule has 0 aromatic heterocycles. The van der Waals surface area contributed by atoms with Gasteiger partial charge in [-0.05, 0) is 19.1 Å². The van der Waals surface area contributed by atoms with Gasteiger partial charge in [0, 0.05) is 38.9 Å². The van der Waals surface area contributed by atoms with Crippen molar-refractivity contribution in [3.8, 4) is 0 Å². The van der Waals surface area contributed by atoms with E-state index >= 15 is 0 Å². The van der Waals surface area contributed by atoms with Crippen LogP contribution in [0.4, 0.5) is 10.5 Å². The summed E-state index contributed by atoms with van der Waals surface area (Å²) in [5.74, 6) is -0.992. The van der Waals surface area contributed by atoms with Crippen LogP contribution in [0.2, 0.25) is 0 Å². The second-order valence-electron chi connectivity index (χ2n) is 5.22. The van der Waals surface area contributed by atoms with Gasteiger partial charge in [-0.2, -0.15) is 0 Å². The molecule has 0 saturated carbocycles. The fraction of sp³-hybridized carbons (Fsp3) is 0.467. The minimum absolute atomic E-state index is 0.224. The SMILES string of the molecule is CC(C(=O)O)N(C)C(=O)N1CCN(c2ccccc2)CC1. The number of aliphatic carboxylic acids is 1. The molecule has 6 heteroatoms. The zero-order valence-corrected chi connectivity index (χ0v) is 12.4. The molecule has 1 N–H and O–H groups in total. The van der Waals surface area contributed by atoms with Crippen LogP contribution in [0.5, 0.6) is 0 Å². The van der Waals surface area contributed by atoms with Crippen molar-refractivity contribution in [1.82, 2.24) is 9.80 Å². The van der Waals surface area contributed by atoms with Gasteiger partial charge in [-0.1, -0.05) is 18.2 Å². The predicted molar refractivity (Wildman–Crippen MR) is 80.5 cm³/mol. The molecular formula is C15H21N3O3. The molecule has 1 saturated heterocycles. The minimum Gasteiger partial charge on any atom is -0.480 e. The highest BCUT2D eigenvalue weighted by Gasteiger charge is 2.28. The Morgan fingerprint density at radius 3 is 2.24 bits per heavy atom. The van der Waals surface area contributed by atoms with Crippen molar-refractivity contribution < 1.29 is 14.7 Å². The maximum Gasteiger partial charge on any atom is 0.326 e. The van der Waals surface area contributed by atoms with Gasteiger partial charge in [-0.3, -0.25) is 0 Å². The number of urea groups is 1. The van der Waals surface area contributed by atoms with E-state index in [2.05, 4.69) is 17.0 Å². The van der Waals surface area contributed by atoms with Crippen molar-refractivity contribution in [2.75, 3.05) is 38.1 Å². The number of benzene rings is 1. The number of para-hydroxylation sites is 1. The van der Waals surface area contributed by atoms with Gasteiger partial charge in [-0.25, -0.2) is 9.59 Å². The number of carboxylic acid groups (broad SMARTS) is 1. The number of rotatable bonds is 3. The van der Waals surface area contributed by atoms with Crippen LogP contribution in [-0.2, 0) is 4.79 Å². The molecule has 1 heterocycles. The highest BCUT2D eigenvalue weighted by atomic mass is 16.4. The Morgan fingerprint density at radius 1 is 1.14 bits per heavy atom. The quantitative estimate of drug-likeness (QED) is 0.912. The van der Waals surface area contributed by atoms with Crippen molar-refractivity contribution in [2.24, 2.45) is 0 Å². The van der Waals surface area contributed by atoms with Crippen LogP contribution >= 0.6 is 0 Å². The van der Waals surface area contributed by atoms with Crippen molar-refractivity contribution in [3.63, 3.8) is 0 Å². The molecule has 2 amide bonds. The lowest BCUT2D eigenvalue weighted by Crippen LogP contribution is -2.54. The Kier molecular flexibility index (Phi) is 4.67. The molecule has 1 unspecified atom stereocenters. The zero-order chi connectivity index (χ0) is 15.4. The number of piperazine rings is 1. The second-order valence-corrected chi connectivity index (χ2v) is 5.22. The number of amides is 2. The summed E-state index contributed by atoms with van der Waals surface area (Å²) in [4.78, 5) is 28.4. The van der Waals surface area contributed by atoms with Gasteiger partial charge in [0.25, 0.3) is 0 Å². The normalized spacial score (nSPS) is 16.5. The van der Waals surface area contributed by atoms with Crippen molar-refractivity contribution in [3.05, 3.63) is 30.3 Å². The Hall–Kier alpha value is -2.24. The zero-order valence-electron chi connectivity index (χ0n) is 12.4. The van der Waals surface area contributed by atoms with Crippen LogP contribution in [0.25, 0.3) is 0 Å². The standard InChI is InChI=1S/C15H21N3O3/c1-12(14(19)20)16(2)15(21)18-10-8-17(9-11-18)13-6-4-3-5-7-13/h3-7,12H,8-11H2,1-2H3,(H,19,20). The first-order valence-electron chi connectivity index (χ1n) is 7.05. The third-order valence-electron chi connectivity index (χ3n) is 3.91. The number of nitrogens with zero attached hydrogens (tertiary/aromatic N) is 3. The summed E-state index contributed by atoms with van der Waals surface area (Å²) in [5.41, 5.74) is 1.15. The Labute approximate surface area is 124 Å². The summed E-state index contributed by atoms with van der Waals surface area (Å²) in [5, 5.41) is 8.97. The number of carboxylic acids is 1. The predicted octanol–water partition coefficient (Wildman–Crippen LogP) is 1.33. The largest absolute Gasteiger partial charge is 0.480 e. The van der Waals surface area contributed by atoms with E-state index in [4.69, 9.17) is 5.11 Å². The average Bonchev–Trinajstić information content (AvgIpc) is 2.53. The molecule has 1 fully saturated rings. The Bertz CT molecular complexity index is 498. The van der Waals surface area contributed by atoms with Gasteiger partial charge in [0.05, 0.1) is 0 Å². The molecule has 0 radical (unpaired) electrons. The highest BCUT2D eigenvalue weighted by molar-refractivity contribution is 5.82. The lowest BCUT2D eigenvalue weighted by molar-refractivity contribution is -0.141. The summed E-state index contributed by atoms with van der Waals surface area (Å²) >= 11 is 0. The molecule has 1 aromatic carbocycles. The van der Waals surface area contributed by atoms with Gasteiger partial charge < -0.3 is 19.8 Å². The van der Waals surface area contributed by atoms with Crippen LogP contribution < -0.4 is 4.90 Å². The van der Waals surface area contributed by atoms with Crippen LogP contribution in [0.1, 0.15) is 6.92 Å². The highest BCUT2D eigenvalue weighted by Crippen LogP contribution is 2.16. The maximum atomic E-state index is 12.3. The van der Waals surface area contributed by atoms with Gasteiger partial charge in [0.15, 0.2) is 0 Å². The summed E-state index contributed by atoms with van der Waals surface area (Å²) in [7, 11) is 1.53. The topological polar surface area (TPSA) is 64.1 Å². The van der Waals surface area contributed by atoms with Crippen LogP contribution in [-0.4, -0.2) is 66.2 Å². The number of hydrogen-bond acceptors (Lipinski definition) is 3. The van der Waals surface area contributed by atoms with E-state index < -0.39 is 12.0 Å². The third-order valence-corrected chi connectivity index (χ3v) is 3.91. The van der Waals surface area contributed by atoms with E-state index in [1.165, 1.54) is 18.9 Å². The van der Waals surface area contributed by atoms with Crippen molar-refractivity contribution in [2.45, 2.75) is 13.0 Å². The van der Waals surface area contributed by atoms with Gasteiger partial charge >= 0.3 is 12.0 Å². The molecule has 0 spiro atoms. The minimum atomic E-state index is -0.992. The molecule has 0 aliphatic carbocycles. The fourth-order valence-electron chi connectivity index (χ4n) is 2.35. The summed E-state index contributed by atoms with van der Waals surface area (Å²) in [6, 6.07) is 9.03. The van der Waals surface area contributed by atoms with E-state index in [-0.39, 0.29) is 6.03 Å². The average molecular weight is 291 g/mol. The lowest BCUT2D eigenvalue weighted by atomic mass is 10.2. The number of likely N-dealkylation sites (N-methyl/N-ethyl adjacent to an activating group) is 1. The Balaban J connectivity index is 1.92. The molecule has 0 bridgehead atoms. The van der Waals surface area contributed by atoms with E-state index in [1.54, 1.807) is 4.90 Å². The molecule has 1 aromatic rings. The summed E-state index contributed by atoms with van der Waals surface area (Å²) < 4.78 is 0.